The Bertz CT molecular complexity index is 1720. The van der Waals surface area contributed by atoms with Crippen molar-refractivity contribution >= 4 is 46.4 Å². The fourth-order valence-electron chi connectivity index (χ4n) is 5.58. The van der Waals surface area contributed by atoms with Crippen LogP contribution in [0.5, 0.6) is 5.88 Å². The van der Waals surface area contributed by atoms with Crippen molar-refractivity contribution in [1.82, 2.24) is 19.5 Å². The molecule has 2 aliphatic heterocycles. The number of rotatable bonds is 4. The van der Waals surface area contributed by atoms with Gasteiger partial charge in [-0.25, -0.2) is 9.97 Å². The maximum Gasteiger partial charge on any atom is 0.280 e. The van der Waals surface area contributed by atoms with Crippen molar-refractivity contribution in [3.05, 3.63) is 81.0 Å². The van der Waals surface area contributed by atoms with E-state index in [4.69, 9.17) is 32.9 Å². The molecule has 0 radical (unpaired) electrons. The zero-order valence-corrected chi connectivity index (χ0v) is 23.3. The van der Waals surface area contributed by atoms with E-state index in [1.165, 1.54) is 12.0 Å². The summed E-state index contributed by atoms with van der Waals surface area (Å²) in [6.07, 6.45) is 1.62. The highest BCUT2D eigenvalue weighted by atomic mass is 35.5. The number of methoxy groups -OCH3 is 1. The lowest BCUT2D eigenvalue weighted by atomic mass is 9.86. The smallest absolute Gasteiger partial charge is 0.280 e. The Labute approximate surface area is 234 Å². The number of nitrogens with one attached hydrogen (secondary N) is 1. The fourth-order valence-corrected chi connectivity index (χ4v) is 5.92. The first-order valence-corrected chi connectivity index (χ1v) is 13.1. The minimum Gasteiger partial charge on any atom is -0.480 e. The van der Waals surface area contributed by atoms with Crippen LogP contribution in [-0.2, 0) is 10.3 Å². The van der Waals surface area contributed by atoms with Crippen LogP contribution in [0.4, 0.5) is 11.4 Å². The first-order chi connectivity index (χ1) is 18.6. The number of nitrogens with zero attached hydrogens (tertiary/aromatic N) is 5. The van der Waals surface area contributed by atoms with Crippen LogP contribution in [0.25, 0.3) is 11.4 Å². The third-order valence-corrected chi connectivity index (χ3v) is 7.65. The molecule has 39 heavy (non-hydrogen) atoms. The number of aromatic nitrogens is 4. The predicted molar refractivity (Wildman–Crippen MR) is 149 cm³/mol. The highest BCUT2D eigenvalue weighted by Gasteiger charge is 2.64. The topological polar surface area (TPSA) is 102 Å². The Morgan fingerprint density at radius 2 is 1.74 bits per heavy atom. The molecule has 1 atom stereocenters. The molecule has 11 heteroatoms. The van der Waals surface area contributed by atoms with E-state index in [1.807, 2.05) is 31.4 Å². The van der Waals surface area contributed by atoms with Gasteiger partial charge in [0, 0.05) is 33.5 Å². The van der Waals surface area contributed by atoms with E-state index in [0.717, 1.165) is 5.56 Å². The normalized spacial score (nSPS) is 17.7. The van der Waals surface area contributed by atoms with Gasteiger partial charge < -0.3 is 14.6 Å². The number of hydrogen-bond acceptors (Lipinski definition) is 6. The van der Waals surface area contributed by atoms with Crippen LogP contribution < -0.4 is 15.0 Å². The van der Waals surface area contributed by atoms with Gasteiger partial charge in [-0.15, -0.1) is 0 Å². The van der Waals surface area contributed by atoms with Gasteiger partial charge in [-0.3, -0.25) is 14.5 Å². The number of fused-ring (bicyclic) bond motifs is 4. The van der Waals surface area contributed by atoms with Gasteiger partial charge in [0.1, 0.15) is 11.6 Å². The van der Waals surface area contributed by atoms with Crippen LogP contribution in [0, 0.1) is 13.8 Å². The average molecular weight is 563 g/mol. The Kier molecular flexibility index (Phi) is 5.71. The van der Waals surface area contributed by atoms with Crippen molar-refractivity contribution in [2.75, 3.05) is 17.3 Å². The standard InChI is InChI=1S/C28H24Cl2N6O3/c1-13(2)35-23-22(34-24(35)18-12-31-15(4)32-25(18)39-5)26(37)36(21-11-17(30)7-6-14(21)3)28(23)19-9-8-16(29)10-20(19)33-27(28)38/h6-13H,1-5H3,(H,33,38)/t28-/m0/s1. The minimum atomic E-state index is -1.57. The van der Waals surface area contributed by atoms with Gasteiger partial charge in [0.05, 0.1) is 24.1 Å². The molecule has 1 spiro atoms. The van der Waals surface area contributed by atoms with Crippen molar-refractivity contribution in [1.29, 1.82) is 0 Å². The molecule has 0 fully saturated rings. The second kappa shape index (κ2) is 8.79. The molecule has 4 heterocycles. The maximum atomic E-state index is 14.4. The summed E-state index contributed by atoms with van der Waals surface area (Å²) in [7, 11) is 1.52. The number of imidazole rings is 1. The van der Waals surface area contributed by atoms with E-state index in [1.54, 1.807) is 43.5 Å². The van der Waals surface area contributed by atoms with Gasteiger partial charge in [0.2, 0.25) is 5.88 Å². The van der Waals surface area contributed by atoms with Gasteiger partial charge in [0.15, 0.2) is 11.2 Å². The van der Waals surface area contributed by atoms with Crippen LogP contribution in [0.3, 0.4) is 0 Å². The number of ether oxygens (including phenoxy) is 1. The Hall–Kier alpha value is -3.95. The summed E-state index contributed by atoms with van der Waals surface area (Å²) in [5, 5.41) is 3.87. The number of halogens is 2. The molecule has 6 rings (SSSR count). The highest BCUT2D eigenvalue weighted by molar-refractivity contribution is 6.32. The average Bonchev–Trinajstić information content (AvgIpc) is 3.49. The Morgan fingerprint density at radius 1 is 1.03 bits per heavy atom. The highest BCUT2D eigenvalue weighted by Crippen LogP contribution is 2.55. The van der Waals surface area contributed by atoms with Gasteiger partial charge >= 0.3 is 0 Å². The van der Waals surface area contributed by atoms with E-state index in [2.05, 4.69) is 15.3 Å². The zero-order valence-electron chi connectivity index (χ0n) is 21.8. The molecule has 9 nitrogen and oxygen atoms in total. The van der Waals surface area contributed by atoms with E-state index in [-0.39, 0.29) is 11.7 Å². The third kappa shape index (κ3) is 3.43. The quantitative estimate of drug-likeness (QED) is 0.341. The molecule has 0 saturated heterocycles. The Morgan fingerprint density at radius 3 is 2.46 bits per heavy atom. The summed E-state index contributed by atoms with van der Waals surface area (Å²) < 4.78 is 7.46. The minimum absolute atomic E-state index is 0.152. The van der Waals surface area contributed by atoms with Crippen molar-refractivity contribution in [2.24, 2.45) is 0 Å². The fraction of sp³-hybridized carbons (Fsp3) is 0.250. The lowest BCUT2D eigenvalue weighted by molar-refractivity contribution is -0.119. The van der Waals surface area contributed by atoms with Crippen molar-refractivity contribution in [3.63, 3.8) is 0 Å². The zero-order chi connectivity index (χ0) is 27.8. The molecule has 4 aromatic rings. The van der Waals surface area contributed by atoms with E-state index in [0.29, 0.717) is 55.8 Å². The van der Waals surface area contributed by atoms with Crippen LogP contribution in [-0.4, -0.2) is 38.4 Å². The van der Waals surface area contributed by atoms with Crippen molar-refractivity contribution in [3.8, 4) is 17.3 Å². The van der Waals surface area contributed by atoms with Crippen LogP contribution in [0.1, 0.15) is 53.0 Å². The van der Waals surface area contributed by atoms with E-state index < -0.39 is 17.4 Å². The maximum absolute atomic E-state index is 14.4. The Balaban J connectivity index is 1.74. The molecule has 2 amide bonds. The predicted octanol–water partition coefficient (Wildman–Crippen LogP) is 5.71. The van der Waals surface area contributed by atoms with E-state index in [9.17, 15) is 9.59 Å². The molecule has 198 valence electrons. The lowest BCUT2D eigenvalue weighted by Gasteiger charge is -2.36. The van der Waals surface area contributed by atoms with Gasteiger partial charge in [0.25, 0.3) is 11.8 Å². The lowest BCUT2D eigenvalue weighted by Crippen LogP contribution is -2.51. The number of hydrogen-bond donors (Lipinski definition) is 1. The summed E-state index contributed by atoms with van der Waals surface area (Å²) >= 11 is 12.7. The molecule has 0 bridgehead atoms. The SMILES string of the molecule is COc1nc(C)ncc1-c1nc2c(n1C(C)C)[C@@]1(C(=O)Nc3cc(Cl)ccc31)N(c1cc(Cl)ccc1C)C2=O. The number of anilines is 2. The first-order valence-electron chi connectivity index (χ1n) is 12.3. The van der Waals surface area contributed by atoms with Crippen LogP contribution in [0.2, 0.25) is 10.0 Å². The van der Waals surface area contributed by atoms with E-state index >= 15 is 0 Å². The summed E-state index contributed by atoms with van der Waals surface area (Å²) in [5.74, 6) is 0.451. The number of benzene rings is 2. The summed E-state index contributed by atoms with van der Waals surface area (Å²) in [5.41, 5.74) is 1.92. The molecular formula is C28H24Cl2N6O3. The second-order valence-electron chi connectivity index (χ2n) is 9.86. The van der Waals surface area contributed by atoms with Crippen molar-refractivity contribution in [2.45, 2.75) is 39.3 Å². The second-order valence-corrected chi connectivity index (χ2v) is 10.7. The van der Waals surface area contributed by atoms with Crippen LogP contribution >= 0.6 is 23.2 Å². The molecule has 0 unspecified atom stereocenters. The molecule has 0 aliphatic carbocycles. The summed E-state index contributed by atoms with van der Waals surface area (Å²) in [4.78, 5) is 43.8. The van der Waals surface area contributed by atoms with Crippen LogP contribution in [0.15, 0.2) is 42.6 Å². The number of carbonyl (C=O) groups is 2. The van der Waals surface area contributed by atoms with Gasteiger partial charge in [-0.1, -0.05) is 35.3 Å². The number of amides is 2. The molecule has 1 N–H and O–H groups in total. The molecule has 2 aliphatic rings. The van der Waals surface area contributed by atoms with Crippen molar-refractivity contribution < 1.29 is 14.3 Å². The molecule has 2 aromatic carbocycles. The number of aryl methyl sites for hydroxylation is 2. The molecular weight excluding hydrogens is 539 g/mol. The summed E-state index contributed by atoms with van der Waals surface area (Å²) in [6, 6.07) is 10.2. The van der Waals surface area contributed by atoms with Gasteiger partial charge in [-0.05, 0) is 57.5 Å². The number of carbonyl (C=O) groups excluding carboxylic acids is 2. The van der Waals surface area contributed by atoms with Gasteiger partial charge in [-0.2, -0.15) is 4.98 Å². The first kappa shape index (κ1) is 25.3. The molecule has 0 saturated carbocycles. The monoisotopic (exact) mass is 562 g/mol. The largest absolute Gasteiger partial charge is 0.480 e. The third-order valence-electron chi connectivity index (χ3n) is 7.18. The molecule has 2 aromatic heterocycles. The summed E-state index contributed by atoms with van der Waals surface area (Å²) in [6.45, 7) is 7.56.